The van der Waals surface area contributed by atoms with E-state index < -0.39 is 0 Å². The summed E-state index contributed by atoms with van der Waals surface area (Å²) >= 11 is 0. The van der Waals surface area contributed by atoms with Gasteiger partial charge in [0.1, 0.15) is 0 Å². The fraction of sp³-hybridized carbons (Fsp3) is 0.381. The first kappa shape index (κ1) is 17.5. The number of rotatable bonds is 5. The van der Waals surface area contributed by atoms with Crippen molar-refractivity contribution in [1.29, 1.82) is 0 Å². The van der Waals surface area contributed by atoms with Gasteiger partial charge in [-0.3, -0.25) is 9.89 Å². The molecule has 2 aromatic carbocycles. The molecule has 1 heterocycles. The Balaban J connectivity index is 1.47. The number of hydrogen-bond donors (Lipinski definition) is 2. The van der Waals surface area contributed by atoms with Crippen molar-refractivity contribution in [2.24, 2.45) is 4.99 Å². The molecule has 0 aliphatic carbocycles. The SMILES string of the molecule is CN=C(NCc1ccccc1)NCC(C)N1CCc2ccccc2C1. The van der Waals surface area contributed by atoms with Crippen molar-refractivity contribution in [2.45, 2.75) is 32.5 Å². The maximum absolute atomic E-state index is 4.33. The second kappa shape index (κ2) is 8.67. The maximum Gasteiger partial charge on any atom is 0.191 e. The highest BCUT2D eigenvalue weighted by atomic mass is 15.2. The second-order valence-corrected chi connectivity index (χ2v) is 6.63. The van der Waals surface area contributed by atoms with Gasteiger partial charge in [0.15, 0.2) is 5.96 Å². The van der Waals surface area contributed by atoms with Crippen LogP contribution in [-0.4, -0.2) is 37.0 Å². The van der Waals surface area contributed by atoms with Crippen LogP contribution in [-0.2, 0) is 19.5 Å². The Labute approximate surface area is 151 Å². The van der Waals surface area contributed by atoms with Crippen LogP contribution in [0.25, 0.3) is 0 Å². The summed E-state index contributed by atoms with van der Waals surface area (Å²) < 4.78 is 0. The summed E-state index contributed by atoms with van der Waals surface area (Å²) in [5.74, 6) is 0.855. The number of hydrogen-bond acceptors (Lipinski definition) is 2. The van der Waals surface area contributed by atoms with Crippen LogP contribution in [0.3, 0.4) is 0 Å². The lowest BCUT2D eigenvalue weighted by Gasteiger charge is -2.34. The molecule has 0 fully saturated rings. The molecule has 0 radical (unpaired) electrons. The van der Waals surface area contributed by atoms with Crippen LogP contribution in [0.2, 0.25) is 0 Å². The Morgan fingerprint density at radius 1 is 1.04 bits per heavy atom. The van der Waals surface area contributed by atoms with Gasteiger partial charge in [-0.1, -0.05) is 54.6 Å². The third-order valence-electron chi connectivity index (χ3n) is 4.87. The van der Waals surface area contributed by atoms with E-state index in [9.17, 15) is 0 Å². The molecular formula is C21H28N4. The zero-order valence-electron chi connectivity index (χ0n) is 15.2. The van der Waals surface area contributed by atoms with Crippen molar-refractivity contribution in [2.75, 3.05) is 20.1 Å². The normalized spacial score (nSPS) is 16.2. The van der Waals surface area contributed by atoms with Gasteiger partial charge in [0, 0.05) is 39.3 Å². The summed E-state index contributed by atoms with van der Waals surface area (Å²) in [5.41, 5.74) is 4.22. The minimum absolute atomic E-state index is 0.462. The molecule has 0 saturated carbocycles. The Bertz CT molecular complexity index is 696. The molecule has 0 spiro atoms. The predicted molar refractivity (Wildman–Crippen MR) is 105 cm³/mol. The lowest BCUT2D eigenvalue weighted by atomic mass is 9.99. The number of aliphatic imine (C=N–C) groups is 1. The molecule has 2 N–H and O–H groups in total. The third kappa shape index (κ3) is 4.83. The number of nitrogens with zero attached hydrogens (tertiary/aromatic N) is 2. The Kier molecular flexibility index (Phi) is 6.07. The maximum atomic E-state index is 4.33. The van der Waals surface area contributed by atoms with Crippen molar-refractivity contribution < 1.29 is 0 Å². The topological polar surface area (TPSA) is 39.7 Å². The zero-order valence-corrected chi connectivity index (χ0v) is 15.2. The van der Waals surface area contributed by atoms with E-state index in [1.807, 2.05) is 13.1 Å². The molecule has 0 amide bonds. The Morgan fingerprint density at radius 2 is 1.76 bits per heavy atom. The Morgan fingerprint density at radius 3 is 2.52 bits per heavy atom. The van der Waals surface area contributed by atoms with Gasteiger partial charge < -0.3 is 10.6 Å². The summed E-state index contributed by atoms with van der Waals surface area (Å²) in [6, 6.07) is 19.6. The molecule has 25 heavy (non-hydrogen) atoms. The van der Waals surface area contributed by atoms with Gasteiger partial charge >= 0.3 is 0 Å². The standard InChI is InChI=1S/C21H28N4/c1-17(25-13-12-19-10-6-7-11-20(19)16-25)14-23-21(22-2)24-15-18-8-4-3-5-9-18/h3-11,17H,12-16H2,1-2H3,(H2,22,23,24). The fourth-order valence-electron chi connectivity index (χ4n) is 3.27. The van der Waals surface area contributed by atoms with Crippen LogP contribution in [0, 0.1) is 0 Å². The van der Waals surface area contributed by atoms with Gasteiger partial charge in [0.25, 0.3) is 0 Å². The van der Waals surface area contributed by atoms with Crippen LogP contribution in [0.15, 0.2) is 59.6 Å². The lowest BCUT2D eigenvalue weighted by molar-refractivity contribution is 0.191. The van der Waals surface area contributed by atoms with E-state index in [0.29, 0.717) is 6.04 Å². The molecule has 1 unspecified atom stereocenters. The number of guanidine groups is 1. The largest absolute Gasteiger partial charge is 0.355 e. The average molecular weight is 336 g/mol. The van der Waals surface area contributed by atoms with Gasteiger partial charge in [0.2, 0.25) is 0 Å². The molecule has 0 bridgehead atoms. The van der Waals surface area contributed by atoms with E-state index in [4.69, 9.17) is 0 Å². The predicted octanol–water partition coefficient (Wildman–Crippen LogP) is 2.80. The van der Waals surface area contributed by atoms with Crippen LogP contribution >= 0.6 is 0 Å². The number of benzene rings is 2. The van der Waals surface area contributed by atoms with Crippen molar-refractivity contribution in [3.63, 3.8) is 0 Å². The molecule has 4 heteroatoms. The fourth-order valence-corrected chi connectivity index (χ4v) is 3.27. The van der Waals surface area contributed by atoms with Gasteiger partial charge in [0.05, 0.1) is 0 Å². The summed E-state index contributed by atoms with van der Waals surface area (Å²) in [5, 5.41) is 6.84. The summed E-state index contributed by atoms with van der Waals surface area (Å²) in [7, 11) is 1.82. The molecule has 1 atom stereocenters. The highest BCUT2D eigenvalue weighted by Gasteiger charge is 2.20. The first-order chi connectivity index (χ1) is 12.3. The van der Waals surface area contributed by atoms with Crippen LogP contribution in [0.1, 0.15) is 23.6 Å². The van der Waals surface area contributed by atoms with Gasteiger partial charge in [-0.05, 0) is 30.0 Å². The van der Waals surface area contributed by atoms with Gasteiger partial charge in [-0.2, -0.15) is 0 Å². The van der Waals surface area contributed by atoms with E-state index >= 15 is 0 Å². The molecule has 0 saturated heterocycles. The van der Waals surface area contributed by atoms with Crippen LogP contribution in [0.4, 0.5) is 0 Å². The monoisotopic (exact) mass is 336 g/mol. The lowest BCUT2D eigenvalue weighted by Crippen LogP contribution is -2.47. The summed E-state index contributed by atoms with van der Waals surface area (Å²) in [4.78, 5) is 6.87. The smallest absolute Gasteiger partial charge is 0.191 e. The minimum Gasteiger partial charge on any atom is -0.355 e. The second-order valence-electron chi connectivity index (χ2n) is 6.63. The van der Waals surface area contributed by atoms with Gasteiger partial charge in [-0.15, -0.1) is 0 Å². The third-order valence-corrected chi connectivity index (χ3v) is 4.87. The average Bonchev–Trinajstić information content (AvgIpc) is 2.68. The van der Waals surface area contributed by atoms with E-state index in [1.54, 1.807) is 0 Å². The highest BCUT2D eigenvalue weighted by molar-refractivity contribution is 5.79. The summed E-state index contributed by atoms with van der Waals surface area (Å²) in [6.07, 6.45) is 1.14. The van der Waals surface area contributed by atoms with E-state index in [1.165, 1.54) is 16.7 Å². The molecule has 3 rings (SSSR count). The van der Waals surface area contributed by atoms with Crippen LogP contribution < -0.4 is 10.6 Å². The quantitative estimate of drug-likeness (QED) is 0.651. The molecule has 0 aromatic heterocycles. The minimum atomic E-state index is 0.462. The molecular weight excluding hydrogens is 308 g/mol. The van der Waals surface area contributed by atoms with Crippen LogP contribution in [0.5, 0.6) is 0 Å². The number of nitrogens with one attached hydrogen (secondary N) is 2. The number of fused-ring (bicyclic) bond motifs is 1. The van der Waals surface area contributed by atoms with E-state index in [0.717, 1.165) is 38.6 Å². The van der Waals surface area contributed by atoms with E-state index in [-0.39, 0.29) is 0 Å². The highest BCUT2D eigenvalue weighted by Crippen LogP contribution is 2.19. The van der Waals surface area contributed by atoms with Gasteiger partial charge in [-0.25, -0.2) is 0 Å². The first-order valence-electron chi connectivity index (χ1n) is 9.05. The molecule has 4 nitrogen and oxygen atoms in total. The van der Waals surface area contributed by atoms with Crippen molar-refractivity contribution >= 4 is 5.96 Å². The van der Waals surface area contributed by atoms with Crippen molar-refractivity contribution in [3.05, 3.63) is 71.3 Å². The van der Waals surface area contributed by atoms with E-state index in [2.05, 4.69) is 76.0 Å². The van der Waals surface area contributed by atoms with Crippen molar-refractivity contribution in [1.82, 2.24) is 15.5 Å². The Hall–Kier alpha value is -2.33. The molecule has 1 aliphatic rings. The molecule has 1 aliphatic heterocycles. The molecule has 2 aromatic rings. The van der Waals surface area contributed by atoms with Crippen molar-refractivity contribution in [3.8, 4) is 0 Å². The summed E-state index contributed by atoms with van der Waals surface area (Å²) in [6.45, 7) is 6.11. The first-order valence-corrected chi connectivity index (χ1v) is 9.05. The zero-order chi connectivity index (χ0) is 17.5. The molecule has 132 valence electrons.